The minimum atomic E-state index is -1.87. The molecule has 1 saturated heterocycles. The van der Waals surface area contributed by atoms with Crippen molar-refractivity contribution >= 4 is 17.3 Å². The van der Waals surface area contributed by atoms with Gasteiger partial charge in [-0.2, -0.15) is 0 Å². The fourth-order valence-electron chi connectivity index (χ4n) is 6.28. The lowest BCUT2D eigenvalue weighted by atomic mass is 9.67. The van der Waals surface area contributed by atoms with Gasteiger partial charge >= 0.3 is 0 Å². The van der Waals surface area contributed by atoms with E-state index in [2.05, 4.69) is 0 Å². The molecule has 38 heavy (non-hydrogen) atoms. The summed E-state index contributed by atoms with van der Waals surface area (Å²) in [6.07, 6.45) is -1.89. The van der Waals surface area contributed by atoms with Gasteiger partial charge in [0.1, 0.15) is 22.8 Å². The van der Waals surface area contributed by atoms with Gasteiger partial charge in [0.05, 0.1) is 42.1 Å². The lowest BCUT2D eigenvalue weighted by Gasteiger charge is -2.42. The van der Waals surface area contributed by atoms with Crippen molar-refractivity contribution < 1.29 is 44.3 Å². The number of methoxy groups -OCH3 is 1. The smallest absolute Gasteiger partial charge is 0.202 e. The predicted molar refractivity (Wildman–Crippen MR) is 134 cm³/mol. The van der Waals surface area contributed by atoms with E-state index >= 15 is 0 Å². The fraction of sp³-hybridized carbons (Fsp3) is 0.464. The molecule has 202 valence electrons. The van der Waals surface area contributed by atoms with Crippen molar-refractivity contribution in [2.75, 3.05) is 7.11 Å². The highest BCUT2D eigenvalue weighted by molar-refractivity contribution is 6.31. The number of phenols is 2. The lowest BCUT2D eigenvalue weighted by molar-refractivity contribution is -0.139. The number of Topliss-reactive ketones (excluding diaryl/α,β-unsaturated/α-hetero) is 1. The number of hydrogen-bond acceptors (Lipinski definition) is 10. The van der Waals surface area contributed by atoms with Crippen molar-refractivity contribution in [2.24, 2.45) is 5.73 Å². The molecule has 6 N–H and O–H groups in total. The summed E-state index contributed by atoms with van der Waals surface area (Å²) in [5.74, 6) is -3.50. The molecule has 10 heteroatoms. The molecular formula is C28H31NO9. The first-order valence-corrected chi connectivity index (χ1v) is 12.6. The number of aromatic hydroxyl groups is 2. The Hall–Kier alpha value is -3.31. The molecule has 0 radical (unpaired) electrons. The van der Waals surface area contributed by atoms with Crippen molar-refractivity contribution in [1.82, 2.24) is 0 Å². The molecule has 0 unspecified atom stereocenters. The molecule has 6 atom stereocenters. The van der Waals surface area contributed by atoms with E-state index in [0.29, 0.717) is 0 Å². The normalized spacial score (nSPS) is 30.3. The minimum Gasteiger partial charge on any atom is -0.507 e. The van der Waals surface area contributed by atoms with Gasteiger partial charge in [0.25, 0.3) is 0 Å². The van der Waals surface area contributed by atoms with Gasteiger partial charge in [0.2, 0.25) is 5.78 Å². The summed E-state index contributed by atoms with van der Waals surface area (Å²) in [7, 11) is 1.36. The van der Waals surface area contributed by atoms with Crippen LogP contribution in [0.1, 0.15) is 82.0 Å². The molecule has 1 fully saturated rings. The van der Waals surface area contributed by atoms with E-state index in [4.69, 9.17) is 15.2 Å². The molecule has 2 aromatic carbocycles. The zero-order valence-electron chi connectivity index (χ0n) is 21.4. The number of ketones is 3. The molecule has 2 aromatic rings. The van der Waals surface area contributed by atoms with Crippen LogP contribution in [0.5, 0.6) is 17.2 Å². The van der Waals surface area contributed by atoms with E-state index in [1.54, 1.807) is 13.0 Å². The van der Waals surface area contributed by atoms with E-state index in [1.165, 1.54) is 26.2 Å². The fourth-order valence-corrected chi connectivity index (χ4v) is 6.28. The number of fused-ring (bicyclic) bond motifs is 3. The number of carbonyl (C=O) groups excluding carboxylic acids is 3. The summed E-state index contributed by atoms with van der Waals surface area (Å²) in [5.41, 5.74) is 3.73. The predicted octanol–water partition coefficient (Wildman–Crippen LogP) is 1.49. The third-order valence-electron chi connectivity index (χ3n) is 8.29. The van der Waals surface area contributed by atoms with Gasteiger partial charge in [-0.3, -0.25) is 14.4 Å². The van der Waals surface area contributed by atoms with Crippen LogP contribution in [-0.4, -0.2) is 74.8 Å². The van der Waals surface area contributed by atoms with Gasteiger partial charge in [0.15, 0.2) is 11.6 Å². The summed E-state index contributed by atoms with van der Waals surface area (Å²) in [6.45, 7) is 2.92. The zero-order valence-corrected chi connectivity index (χ0v) is 21.4. The van der Waals surface area contributed by atoms with Crippen LogP contribution in [0.3, 0.4) is 0 Å². The molecule has 0 saturated carbocycles. The van der Waals surface area contributed by atoms with Crippen LogP contribution in [0.2, 0.25) is 0 Å². The topological polar surface area (TPSA) is 177 Å². The molecule has 3 aliphatic rings. The van der Waals surface area contributed by atoms with Crippen molar-refractivity contribution in [3.05, 3.63) is 51.6 Å². The highest BCUT2D eigenvalue weighted by Gasteiger charge is 2.48. The second-order valence-electron chi connectivity index (χ2n) is 10.6. The first-order valence-electron chi connectivity index (χ1n) is 12.6. The van der Waals surface area contributed by atoms with Gasteiger partial charge in [-0.05, 0) is 45.1 Å². The lowest BCUT2D eigenvalue weighted by Crippen LogP contribution is -2.52. The van der Waals surface area contributed by atoms with Crippen LogP contribution in [-0.2, 0) is 16.0 Å². The first-order chi connectivity index (χ1) is 17.9. The van der Waals surface area contributed by atoms with E-state index in [-0.39, 0.29) is 64.8 Å². The van der Waals surface area contributed by atoms with E-state index in [9.17, 15) is 34.8 Å². The van der Waals surface area contributed by atoms with E-state index in [1.807, 2.05) is 0 Å². The van der Waals surface area contributed by atoms with Crippen molar-refractivity contribution in [3.63, 3.8) is 0 Å². The largest absolute Gasteiger partial charge is 0.507 e. The summed E-state index contributed by atoms with van der Waals surface area (Å²) in [4.78, 5) is 39.7. The molecule has 0 aromatic heterocycles. The Kier molecular flexibility index (Phi) is 6.34. The number of rotatable bonds is 4. The monoisotopic (exact) mass is 525 g/mol. The van der Waals surface area contributed by atoms with Crippen molar-refractivity contribution in [1.29, 1.82) is 0 Å². The van der Waals surface area contributed by atoms with Crippen LogP contribution >= 0.6 is 0 Å². The van der Waals surface area contributed by atoms with Crippen molar-refractivity contribution in [3.8, 4) is 17.2 Å². The summed E-state index contributed by atoms with van der Waals surface area (Å²) in [5, 5.41) is 44.4. The van der Waals surface area contributed by atoms with Crippen LogP contribution in [0.25, 0.3) is 0 Å². The number of benzene rings is 2. The molecule has 2 aliphatic carbocycles. The Labute approximate surface area is 219 Å². The average molecular weight is 526 g/mol. The maximum atomic E-state index is 13.7. The van der Waals surface area contributed by atoms with Gasteiger partial charge in [0, 0.05) is 29.2 Å². The Balaban J connectivity index is 1.68. The average Bonchev–Trinajstić information content (AvgIpc) is 2.87. The summed E-state index contributed by atoms with van der Waals surface area (Å²) < 4.78 is 11.2. The number of aliphatic hydroxyl groups is 2. The maximum absolute atomic E-state index is 13.7. The maximum Gasteiger partial charge on any atom is 0.202 e. The number of phenolic OH excluding ortho intramolecular Hbond substituents is 2. The van der Waals surface area contributed by atoms with Crippen LogP contribution in [0.4, 0.5) is 0 Å². The Morgan fingerprint density at radius 1 is 1.16 bits per heavy atom. The van der Waals surface area contributed by atoms with Crippen LogP contribution < -0.4 is 10.5 Å². The number of ether oxygens (including phenoxy) is 2. The Bertz CT molecular complexity index is 1360. The van der Waals surface area contributed by atoms with Gasteiger partial charge in [-0.1, -0.05) is 12.1 Å². The van der Waals surface area contributed by atoms with E-state index < -0.39 is 64.7 Å². The van der Waals surface area contributed by atoms with Crippen LogP contribution in [0.15, 0.2) is 18.2 Å². The SMILES string of the molecule is COc1cccc2c1C(=O)c1c(O)c3c(c(O)c1C2=O)C[C@@](O)(C(C)=O)C[C@@H]3C[C@H]1C[C@H](N)[C@H](O)[C@H](C)O1. The summed E-state index contributed by atoms with van der Waals surface area (Å²) >= 11 is 0. The second-order valence-corrected chi connectivity index (χ2v) is 10.6. The number of nitrogens with two attached hydrogens (primary N) is 1. The second kappa shape index (κ2) is 9.16. The molecule has 10 nitrogen and oxygen atoms in total. The van der Waals surface area contributed by atoms with Gasteiger partial charge < -0.3 is 35.6 Å². The third kappa shape index (κ3) is 3.82. The quantitative estimate of drug-likeness (QED) is 0.314. The van der Waals surface area contributed by atoms with E-state index in [0.717, 1.165) is 0 Å². The highest BCUT2D eigenvalue weighted by atomic mass is 16.5. The number of carbonyl (C=O) groups is 3. The van der Waals surface area contributed by atoms with Crippen LogP contribution in [0, 0.1) is 0 Å². The molecule has 1 heterocycles. The van der Waals surface area contributed by atoms with Gasteiger partial charge in [-0.15, -0.1) is 0 Å². The van der Waals surface area contributed by atoms with Crippen molar-refractivity contribution in [2.45, 2.75) is 75.4 Å². The Morgan fingerprint density at radius 2 is 1.84 bits per heavy atom. The highest BCUT2D eigenvalue weighted by Crippen LogP contribution is 2.53. The molecule has 0 bridgehead atoms. The first kappa shape index (κ1) is 26.3. The molecular weight excluding hydrogens is 494 g/mol. The molecule has 0 spiro atoms. The minimum absolute atomic E-state index is 0.0147. The molecule has 0 amide bonds. The zero-order chi connectivity index (χ0) is 27.7. The molecule has 1 aliphatic heterocycles. The molecule has 5 rings (SSSR count). The Morgan fingerprint density at radius 3 is 2.47 bits per heavy atom. The third-order valence-corrected chi connectivity index (χ3v) is 8.29. The van der Waals surface area contributed by atoms with Gasteiger partial charge in [-0.25, -0.2) is 0 Å². The standard InChI is InChI=1S/C28H31NO9/c1-11-23(31)17(29)8-14(38-11)7-13-9-28(36,12(2)30)10-16-19(13)26(34)22-21(25(16)33)24(32)15-5-4-6-18(37-3)20(15)27(22)35/h4-6,11,13-14,17,23,31,33-34,36H,7-10,29H2,1-3H3/t11-,13-,14-,17-,23+,28+/m0/s1. The summed E-state index contributed by atoms with van der Waals surface area (Å²) in [6, 6.07) is 3.94. The number of aliphatic hydroxyl groups excluding tert-OH is 1. The number of hydrogen-bond donors (Lipinski definition) is 5.